The summed E-state index contributed by atoms with van der Waals surface area (Å²) >= 11 is 1.85. The molecule has 2 saturated heterocycles. The van der Waals surface area contributed by atoms with Crippen molar-refractivity contribution >= 4 is 23.6 Å². The van der Waals surface area contributed by atoms with Crippen LogP contribution in [0.3, 0.4) is 0 Å². The topological polar surface area (TPSA) is 78.9 Å². The second-order valence-corrected chi connectivity index (χ2v) is 5.62. The SMILES string of the molecule is O=C(O)C1CN(C(=O)CC2CSCCN2)CCO1. The Kier molecular flexibility index (Phi) is 4.85. The summed E-state index contributed by atoms with van der Waals surface area (Å²) in [4.78, 5) is 24.5. The van der Waals surface area contributed by atoms with Crippen LogP contribution >= 0.6 is 11.8 Å². The highest BCUT2D eigenvalue weighted by atomic mass is 32.2. The van der Waals surface area contributed by atoms with E-state index in [-0.39, 0.29) is 18.5 Å². The van der Waals surface area contributed by atoms with Crippen LogP contribution in [0.2, 0.25) is 0 Å². The normalized spacial score (nSPS) is 29.0. The number of morpholine rings is 1. The first-order valence-corrected chi connectivity index (χ1v) is 7.25. The molecular formula is C11H18N2O4S. The average Bonchev–Trinajstić information content (AvgIpc) is 2.40. The summed E-state index contributed by atoms with van der Waals surface area (Å²) in [6.45, 7) is 1.88. The molecule has 0 aromatic carbocycles. The molecule has 2 heterocycles. The Labute approximate surface area is 110 Å². The van der Waals surface area contributed by atoms with Crippen LogP contribution in [0.4, 0.5) is 0 Å². The van der Waals surface area contributed by atoms with Gasteiger partial charge < -0.3 is 20.1 Å². The number of hydrogen-bond donors (Lipinski definition) is 2. The lowest BCUT2D eigenvalue weighted by atomic mass is 10.2. The van der Waals surface area contributed by atoms with E-state index in [0.717, 1.165) is 18.1 Å². The van der Waals surface area contributed by atoms with Gasteiger partial charge in [-0.25, -0.2) is 4.79 Å². The predicted molar refractivity (Wildman–Crippen MR) is 67.7 cm³/mol. The largest absolute Gasteiger partial charge is 0.479 e. The summed E-state index contributed by atoms with van der Waals surface area (Å²) in [5.41, 5.74) is 0. The average molecular weight is 274 g/mol. The van der Waals surface area contributed by atoms with Crippen molar-refractivity contribution < 1.29 is 19.4 Å². The lowest BCUT2D eigenvalue weighted by Gasteiger charge is -2.32. The van der Waals surface area contributed by atoms with Crippen molar-refractivity contribution in [1.82, 2.24) is 10.2 Å². The van der Waals surface area contributed by atoms with Crippen LogP contribution in [0.15, 0.2) is 0 Å². The number of hydrogen-bond acceptors (Lipinski definition) is 5. The van der Waals surface area contributed by atoms with Crippen molar-refractivity contribution in [3.63, 3.8) is 0 Å². The molecule has 18 heavy (non-hydrogen) atoms. The van der Waals surface area contributed by atoms with Crippen LogP contribution < -0.4 is 5.32 Å². The molecule has 0 aromatic heterocycles. The van der Waals surface area contributed by atoms with Gasteiger partial charge in [-0.3, -0.25) is 4.79 Å². The van der Waals surface area contributed by atoms with Gasteiger partial charge >= 0.3 is 5.97 Å². The zero-order valence-corrected chi connectivity index (χ0v) is 10.9. The van der Waals surface area contributed by atoms with Gasteiger partial charge in [-0.15, -0.1) is 0 Å². The Hall–Kier alpha value is -0.790. The number of nitrogens with zero attached hydrogens (tertiary/aromatic N) is 1. The Balaban J connectivity index is 1.82. The number of aliphatic carboxylic acids is 1. The summed E-state index contributed by atoms with van der Waals surface area (Å²) in [6.07, 6.45) is -0.435. The number of carbonyl (C=O) groups is 2. The van der Waals surface area contributed by atoms with Gasteiger partial charge in [-0.2, -0.15) is 11.8 Å². The molecule has 0 bridgehead atoms. The first kappa shape index (κ1) is 13.6. The maximum Gasteiger partial charge on any atom is 0.334 e. The number of carboxylic acids is 1. The Morgan fingerprint density at radius 3 is 3.00 bits per heavy atom. The molecule has 2 N–H and O–H groups in total. The fourth-order valence-corrected chi connectivity index (χ4v) is 3.07. The van der Waals surface area contributed by atoms with Gasteiger partial charge in [0.1, 0.15) is 0 Å². The molecule has 0 spiro atoms. The molecule has 2 aliphatic rings. The number of ether oxygens (including phenoxy) is 1. The molecule has 102 valence electrons. The van der Waals surface area contributed by atoms with Crippen LogP contribution in [-0.4, -0.2) is 71.8 Å². The minimum absolute atomic E-state index is 0.0181. The predicted octanol–water partition coefficient (Wildman–Crippen LogP) is -0.606. The molecular weight excluding hydrogens is 256 g/mol. The number of nitrogens with one attached hydrogen (secondary N) is 1. The van der Waals surface area contributed by atoms with Crippen LogP contribution in [-0.2, 0) is 14.3 Å². The molecule has 7 heteroatoms. The highest BCUT2D eigenvalue weighted by molar-refractivity contribution is 7.99. The third-order valence-electron chi connectivity index (χ3n) is 3.11. The summed E-state index contributed by atoms with van der Waals surface area (Å²) in [7, 11) is 0. The number of thioether (sulfide) groups is 1. The van der Waals surface area contributed by atoms with E-state index in [4.69, 9.17) is 9.84 Å². The first-order valence-electron chi connectivity index (χ1n) is 6.10. The second-order valence-electron chi connectivity index (χ2n) is 4.47. The highest BCUT2D eigenvalue weighted by Crippen LogP contribution is 2.13. The molecule has 2 aliphatic heterocycles. The van der Waals surface area contributed by atoms with Crippen molar-refractivity contribution in [2.75, 3.05) is 37.7 Å². The van der Waals surface area contributed by atoms with Gasteiger partial charge in [0.25, 0.3) is 0 Å². The lowest BCUT2D eigenvalue weighted by Crippen LogP contribution is -2.50. The summed E-state index contributed by atoms with van der Waals surface area (Å²) in [6, 6.07) is 0.211. The molecule has 2 atom stereocenters. The van der Waals surface area contributed by atoms with Crippen molar-refractivity contribution in [2.45, 2.75) is 18.6 Å². The molecule has 2 unspecified atom stereocenters. The van der Waals surface area contributed by atoms with Crippen molar-refractivity contribution in [2.24, 2.45) is 0 Å². The standard InChI is InChI=1S/C11H18N2O4S/c14-10(5-8-7-18-4-1-12-8)13-2-3-17-9(6-13)11(15)16/h8-9,12H,1-7H2,(H,15,16). The second kappa shape index (κ2) is 6.40. The van der Waals surface area contributed by atoms with E-state index in [1.54, 1.807) is 4.90 Å². The maximum absolute atomic E-state index is 12.1. The Morgan fingerprint density at radius 2 is 2.33 bits per heavy atom. The van der Waals surface area contributed by atoms with Gasteiger partial charge in [-0.05, 0) is 0 Å². The quantitative estimate of drug-likeness (QED) is 0.715. The van der Waals surface area contributed by atoms with Gasteiger partial charge in [-0.1, -0.05) is 0 Å². The molecule has 0 radical (unpaired) electrons. The third kappa shape index (κ3) is 3.60. The van der Waals surface area contributed by atoms with Crippen LogP contribution in [0, 0.1) is 0 Å². The van der Waals surface area contributed by atoms with Gasteiger partial charge in [0.05, 0.1) is 13.2 Å². The Bertz CT molecular complexity index is 320. The number of rotatable bonds is 3. The smallest absolute Gasteiger partial charge is 0.334 e. The summed E-state index contributed by atoms with van der Waals surface area (Å²) in [5, 5.41) is 12.2. The van der Waals surface area contributed by atoms with E-state index in [2.05, 4.69) is 5.32 Å². The number of carbonyl (C=O) groups excluding carboxylic acids is 1. The summed E-state index contributed by atoms with van der Waals surface area (Å²) in [5.74, 6) is 1.05. The number of carboxylic acid groups (broad SMARTS) is 1. The zero-order chi connectivity index (χ0) is 13.0. The summed E-state index contributed by atoms with van der Waals surface area (Å²) < 4.78 is 5.10. The van der Waals surface area contributed by atoms with E-state index in [1.165, 1.54) is 0 Å². The first-order chi connectivity index (χ1) is 8.66. The minimum Gasteiger partial charge on any atom is -0.479 e. The lowest BCUT2D eigenvalue weighted by molar-refractivity contribution is -0.159. The van der Waals surface area contributed by atoms with E-state index in [1.807, 2.05) is 11.8 Å². The maximum atomic E-state index is 12.1. The van der Waals surface area contributed by atoms with Gasteiger partial charge in [0.2, 0.25) is 5.91 Å². The van der Waals surface area contributed by atoms with Crippen molar-refractivity contribution in [3.05, 3.63) is 0 Å². The van der Waals surface area contributed by atoms with Gasteiger partial charge in [0, 0.05) is 37.1 Å². The minimum atomic E-state index is -1.00. The fraction of sp³-hybridized carbons (Fsp3) is 0.818. The molecule has 0 aliphatic carbocycles. The molecule has 2 rings (SSSR count). The monoisotopic (exact) mass is 274 g/mol. The fourth-order valence-electron chi connectivity index (χ4n) is 2.12. The Morgan fingerprint density at radius 1 is 1.50 bits per heavy atom. The van der Waals surface area contributed by atoms with Crippen molar-refractivity contribution in [1.29, 1.82) is 0 Å². The molecule has 2 fully saturated rings. The highest BCUT2D eigenvalue weighted by Gasteiger charge is 2.30. The zero-order valence-electron chi connectivity index (χ0n) is 10.1. The van der Waals surface area contributed by atoms with Crippen LogP contribution in [0.25, 0.3) is 0 Å². The third-order valence-corrected chi connectivity index (χ3v) is 4.24. The molecule has 0 aromatic rings. The van der Waals surface area contributed by atoms with E-state index in [9.17, 15) is 9.59 Å². The number of amides is 1. The molecule has 1 amide bonds. The van der Waals surface area contributed by atoms with Crippen LogP contribution in [0.1, 0.15) is 6.42 Å². The van der Waals surface area contributed by atoms with Crippen molar-refractivity contribution in [3.8, 4) is 0 Å². The van der Waals surface area contributed by atoms with E-state index in [0.29, 0.717) is 19.6 Å². The van der Waals surface area contributed by atoms with Crippen LogP contribution in [0.5, 0.6) is 0 Å². The molecule has 6 nitrogen and oxygen atoms in total. The van der Waals surface area contributed by atoms with Gasteiger partial charge in [0.15, 0.2) is 6.10 Å². The molecule has 0 saturated carbocycles. The van der Waals surface area contributed by atoms with E-state index >= 15 is 0 Å². The van der Waals surface area contributed by atoms with E-state index < -0.39 is 12.1 Å².